The first-order valence-corrected chi connectivity index (χ1v) is 9.50. The highest BCUT2D eigenvalue weighted by molar-refractivity contribution is 6.30. The van der Waals surface area contributed by atoms with Gasteiger partial charge in [-0.25, -0.2) is 0 Å². The third-order valence-corrected chi connectivity index (χ3v) is 5.72. The van der Waals surface area contributed by atoms with Crippen LogP contribution in [-0.2, 0) is 6.42 Å². The Morgan fingerprint density at radius 3 is 2.84 bits per heavy atom. The highest BCUT2D eigenvalue weighted by Crippen LogP contribution is 2.39. The molecule has 2 N–H and O–H groups in total. The summed E-state index contributed by atoms with van der Waals surface area (Å²) in [6.45, 7) is 4.11. The Labute approximate surface area is 154 Å². The lowest BCUT2D eigenvalue weighted by atomic mass is 10.0. The molecule has 1 saturated heterocycles. The topological polar surface area (TPSA) is 38.5 Å². The first-order chi connectivity index (χ1) is 12.1. The van der Waals surface area contributed by atoms with E-state index in [1.54, 1.807) is 0 Å². The summed E-state index contributed by atoms with van der Waals surface area (Å²) in [6, 6.07) is 15.1. The molecule has 2 aromatic rings. The molecule has 3 nitrogen and oxygen atoms in total. The van der Waals surface area contributed by atoms with E-state index in [2.05, 4.69) is 29.2 Å². The molecule has 0 spiro atoms. The average Bonchev–Trinajstić information content (AvgIpc) is 2.96. The SMILES string of the molecule is Cc1cc(Cl)ccc1OC1c2ccccc2CC1N1CCCC(N)C1. The van der Waals surface area contributed by atoms with E-state index in [0.717, 1.165) is 42.3 Å². The zero-order chi connectivity index (χ0) is 17.4. The van der Waals surface area contributed by atoms with Crippen LogP contribution in [0.2, 0.25) is 5.02 Å². The van der Waals surface area contributed by atoms with Gasteiger partial charge in [-0.05, 0) is 67.6 Å². The van der Waals surface area contributed by atoms with E-state index in [1.165, 1.54) is 17.5 Å². The van der Waals surface area contributed by atoms with Crippen LogP contribution in [0.5, 0.6) is 5.75 Å². The maximum absolute atomic E-state index is 6.55. The van der Waals surface area contributed by atoms with Crippen LogP contribution in [0.15, 0.2) is 42.5 Å². The summed E-state index contributed by atoms with van der Waals surface area (Å²) < 4.78 is 6.55. The van der Waals surface area contributed by atoms with Gasteiger partial charge in [-0.1, -0.05) is 35.9 Å². The number of likely N-dealkylation sites (tertiary alicyclic amines) is 1. The highest BCUT2D eigenvalue weighted by Gasteiger charge is 2.39. The molecular formula is C21H25ClN2O. The third kappa shape index (κ3) is 3.41. The largest absolute Gasteiger partial charge is 0.484 e. The van der Waals surface area contributed by atoms with Gasteiger partial charge in [0.15, 0.2) is 0 Å². The van der Waals surface area contributed by atoms with Crippen molar-refractivity contribution in [2.45, 2.75) is 44.4 Å². The summed E-state index contributed by atoms with van der Waals surface area (Å²) in [5, 5.41) is 0.746. The molecule has 1 heterocycles. The standard InChI is InChI=1S/C21H25ClN2O/c1-14-11-16(22)8-9-20(14)25-21-18-7-3-2-5-15(18)12-19(21)24-10-4-6-17(23)13-24/h2-3,5,7-9,11,17,19,21H,4,6,10,12-13,23H2,1H3. The molecule has 0 radical (unpaired) electrons. The number of benzene rings is 2. The maximum atomic E-state index is 6.55. The van der Waals surface area contributed by atoms with Gasteiger partial charge in [-0.2, -0.15) is 0 Å². The van der Waals surface area contributed by atoms with Crippen LogP contribution >= 0.6 is 11.6 Å². The van der Waals surface area contributed by atoms with E-state index >= 15 is 0 Å². The molecule has 1 aliphatic carbocycles. The number of rotatable bonds is 3. The smallest absolute Gasteiger partial charge is 0.140 e. The lowest BCUT2D eigenvalue weighted by Crippen LogP contribution is -2.49. The summed E-state index contributed by atoms with van der Waals surface area (Å²) in [4.78, 5) is 2.53. The van der Waals surface area contributed by atoms with Crippen LogP contribution in [0.4, 0.5) is 0 Å². The van der Waals surface area contributed by atoms with Crippen molar-refractivity contribution in [1.29, 1.82) is 0 Å². The number of aryl methyl sites for hydroxylation is 1. The van der Waals surface area contributed by atoms with E-state index < -0.39 is 0 Å². The molecule has 132 valence electrons. The van der Waals surface area contributed by atoms with Gasteiger partial charge >= 0.3 is 0 Å². The molecule has 0 amide bonds. The molecule has 2 aliphatic rings. The van der Waals surface area contributed by atoms with E-state index in [1.807, 2.05) is 25.1 Å². The van der Waals surface area contributed by atoms with Crippen molar-refractivity contribution >= 4 is 11.6 Å². The number of nitrogens with zero attached hydrogens (tertiary/aromatic N) is 1. The molecular weight excluding hydrogens is 332 g/mol. The van der Waals surface area contributed by atoms with E-state index in [9.17, 15) is 0 Å². The molecule has 2 aromatic carbocycles. The number of hydrogen-bond donors (Lipinski definition) is 1. The fraction of sp³-hybridized carbons (Fsp3) is 0.429. The fourth-order valence-corrected chi connectivity index (χ4v) is 4.45. The Kier molecular flexibility index (Phi) is 4.72. The van der Waals surface area contributed by atoms with Gasteiger partial charge in [-0.3, -0.25) is 4.90 Å². The Bertz CT molecular complexity index is 763. The van der Waals surface area contributed by atoms with Crippen molar-refractivity contribution in [2.75, 3.05) is 13.1 Å². The predicted molar refractivity (Wildman–Crippen MR) is 102 cm³/mol. The maximum Gasteiger partial charge on any atom is 0.140 e. The van der Waals surface area contributed by atoms with Gasteiger partial charge in [0.05, 0.1) is 6.04 Å². The van der Waals surface area contributed by atoms with Crippen molar-refractivity contribution in [3.05, 3.63) is 64.2 Å². The van der Waals surface area contributed by atoms with Crippen molar-refractivity contribution < 1.29 is 4.74 Å². The summed E-state index contributed by atoms with van der Waals surface area (Å²) in [5.41, 5.74) is 10.0. The van der Waals surface area contributed by atoms with Crippen LogP contribution in [0.3, 0.4) is 0 Å². The normalized spacial score (nSPS) is 26.4. The van der Waals surface area contributed by atoms with Crippen LogP contribution < -0.4 is 10.5 Å². The molecule has 0 bridgehead atoms. The second kappa shape index (κ2) is 6.99. The lowest BCUT2D eigenvalue weighted by molar-refractivity contribution is 0.0589. The number of fused-ring (bicyclic) bond motifs is 1. The minimum absolute atomic E-state index is 0.0429. The second-order valence-corrected chi connectivity index (χ2v) is 7.75. The Morgan fingerprint density at radius 1 is 1.20 bits per heavy atom. The number of halogens is 1. The van der Waals surface area contributed by atoms with Crippen molar-refractivity contribution in [1.82, 2.24) is 4.90 Å². The monoisotopic (exact) mass is 356 g/mol. The second-order valence-electron chi connectivity index (χ2n) is 7.32. The number of ether oxygens (including phenoxy) is 1. The van der Waals surface area contributed by atoms with E-state index in [-0.39, 0.29) is 12.1 Å². The van der Waals surface area contributed by atoms with Crippen LogP contribution in [0.25, 0.3) is 0 Å². The Balaban J connectivity index is 1.65. The van der Waals surface area contributed by atoms with Gasteiger partial charge in [0, 0.05) is 17.6 Å². The highest BCUT2D eigenvalue weighted by atomic mass is 35.5. The molecule has 3 unspecified atom stereocenters. The molecule has 1 aliphatic heterocycles. The zero-order valence-electron chi connectivity index (χ0n) is 14.6. The molecule has 25 heavy (non-hydrogen) atoms. The van der Waals surface area contributed by atoms with Gasteiger partial charge in [0.25, 0.3) is 0 Å². The molecule has 4 heteroatoms. The summed E-state index contributed by atoms with van der Waals surface area (Å²) in [5.74, 6) is 0.914. The molecule has 4 rings (SSSR count). The third-order valence-electron chi connectivity index (χ3n) is 5.49. The summed E-state index contributed by atoms with van der Waals surface area (Å²) >= 11 is 6.10. The molecule has 1 fully saturated rings. The average molecular weight is 357 g/mol. The van der Waals surface area contributed by atoms with Gasteiger partial charge in [-0.15, -0.1) is 0 Å². The Morgan fingerprint density at radius 2 is 2.04 bits per heavy atom. The van der Waals surface area contributed by atoms with Gasteiger partial charge < -0.3 is 10.5 Å². The number of hydrogen-bond acceptors (Lipinski definition) is 3. The fourth-order valence-electron chi connectivity index (χ4n) is 4.22. The summed E-state index contributed by atoms with van der Waals surface area (Å²) in [7, 11) is 0. The lowest BCUT2D eigenvalue weighted by Gasteiger charge is -2.38. The molecule has 0 aromatic heterocycles. The van der Waals surface area contributed by atoms with Crippen LogP contribution in [0.1, 0.15) is 35.6 Å². The van der Waals surface area contributed by atoms with Crippen molar-refractivity contribution in [3.8, 4) is 5.75 Å². The van der Waals surface area contributed by atoms with Gasteiger partial charge in [0.1, 0.15) is 11.9 Å². The molecule has 0 saturated carbocycles. The minimum atomic E-state index is 0.0429. The number of piperidine rings is 1. The van der Waals surface area contributed by atoms with Gasteiger partial charge in [0.2, 0.25) is 0 Å². The van der Waals surface area contributed by atoms with Crippen molar-refractivity contribution in [3.63, 3.8) is 0 Å². The Hall–Kier alpha value is -1.55. The first kappa shape index (κ1) is 16.9. The van der Waals surface area contributed by atoms with Crippen LogP contribution in [0, 0.1) is 6.92 Å². The molecule has 3 atom stereocenters. The first-order valence-electron chi connectivity index (χ1n) is 9.12. The minimum Gasteiger partial charge on any atom is -0.484 e. The quantitative estimate of drug-likeness (QED) is 0.899. The van der Waals surface area contributed by atoms with E-state index in [0.29, 0.717) is 6.04 Å². The zero-order valence-corrected chi connectivity index (χ0v) is 15.4. The summed E-state index contributed by atoms with van der Waals surface area (Å²) in [6.07, 6.45) is 3.36. The van der Waals surface area contributed by atoms with Crippen LogP contribution in [-0.4, -0.2) is 30.1 Å². The number of nitrogens with two attached hydrogens (primary N) is 1. The van der Waals surface area contributed by atoms with Crippen molar-refractivity contribution in [2.24, 2.45) is 5.73 Å². The van der Waals surface area contributed by atoms with E-state index in [4.69, 9.17) is 22.1 Å². The predicted octanol–water partition coefficient (Wildman–Crippen LogP) is 4.12.